The van der Waals surface area contributed by atoms with E-state index in [1.807, 2.05) is 24.3 Å². The quantitative estimate of drug-likeness (QED) is 0.940. The summed E-state index contributed by atoms with van der Waals surface area (Å²) in [5.41, 5.74) is 1.11. The van der Waals surface area contributed by atoms with Crippen LogP contribution in [0.2, 0.25) is 5.02 Å². The van der Waals surface area contributed by atoms with Gasteiger partial charge in [-0.1, -0.05) is 22.8 Å². The highest BCUT2D eigenvalue weighted by atomic mass is 35.5. The van der Waals surface area contributed by atoms with Gasteiger partial charge in [-0.2, -0.15) is 0 Å². The summed E-state index contributed by atoms with van der Waals surface area (Å²) in [6, 6.07) is 9.54. The molecule has 6 heteroatoms. The summed E-state index contributed by atoms with van der Waals surface area (Å²) in [6.45, 7) is 3.48. The monoisotopic (exact) mass is 319 g/mol. The minimum absolute atomic E-state index is 0.00689. The molecule has 0 atom stereocenters. The molecular formula is C16H18ClN3O2. The summed E-state index contributed by atoms with van der Waals surface area (Å²) >= 11 is 6.03. The Morgan fingerprint density at radius 1 is 1.36 bits per heavy atom. The molecule has 5 nitrogen and oxygen atoms in total. The molecule has 0 spiro atoms. The fourth-order valence-corrected chi connectivity index (χ4v) is 2.91. The third-order valence-corrected chi connectivity index (χ3v) is 4.15. The van der Waals surface area contributed by atoms with Crippen LogP contribution in [0, 0.1) is 12.8 Å². The summed E-state index contributed by atoms with van der Waals surface area (Å²) in [5, 5.41) is 7.34. The molecule has 0 unspecified atom stereocenters. The molecule has 1 fully saturated rings. The van der Waals surface area contributed by atoms with E-state index in [1.165, 1.54) is 0 Å². The number of aryl methyl sites for hydroxylation is 1. The number of halogens is 1. The van der Waals surface area contributed by atoms with Crippen LogP contribution in [0.1, 0.15) is 18.6 Å². The zero-order valence-electron chi connectivity index (χ0n) is 12.4. The van der Waals surface area contributed by atoms with Crippen LogP contribution < -0.4 is 10.2 Å². The van der Waals surface area contributed by atoms with E-state index in [1.54, 1.807) is 13.0 Å². The van der Waals surface area contributed by atoms with E-state index in [9.17, 15) is 4.79 Å². The van der Waals surface area contributed by atoms with Crippen molar-refractivity contribution in [1.82, 2.24) is 5.16 Å². The molecule has 1 aromatic carbocycles. The maximum absolute atomic E-state index is 12.2. The first-order chi connectivity index (χ1) is 10.6. The highest BCUT2D eigenvalue weighted by Gasteiger charge is 2.25. The fraction of sp³-hybridized carbons (Fsp3) is 0.375. The molecule has 116 valence electrons. The molecule has 22 heavy (non-hydrogen) atoms. The predicted octanol–water partition coefficient (Wildman–Crippen LogP) is 3.49. The van der Waals surface area contributed by atoms with Gasteiger partial charge in [0.1, 0.15) is 5.76 Å². The van der Waals surface area contributed by atoms with Crippen LogP contribution in [0.4, 0.5) is 11.5 Å². The number of hydrogen-bond donors (Lipinski definition) is 1. The number of amides is 1. The lowest BCUT2D eigenvalue weighted by Gasteiger charge is -2.32. The van der Waals surface area contributed by atoms with Crippen molar-refractivity contribution in [2.45, 2.75) is 19.8 Å². The zero-order chi connectivity index (χ0) is 15.5. The van der Waals surface area contributed by atoms with Gasteiger partial charge in [-0.3, -0.25) is 4.79 Å². The van der Waals surface area contributed by atoms with Crippen LogP contribution in [-0.4, -0.2) is 24.2 Å². The number of benzene rings is 1. The average molecular weight is 320 g/mol. The Morgan fingerprint density at radius 3 is 2.77 bits per heavy atom. The van der Waals surface area contributed by atoms with Crippen molar-refractivity contribution >= 4 is 29.0 Å². The fourth-order valence-electron chi connectivity index (χ4n) is 2.73. The van der Waals surface area contributed by atoms with Crippen LogP contribution in [0.3, 0.4) is 0 Å². The molecule has 0 bridgehead atoms. The Bertz CT molecular complexity index is 663. The van der Waals surface area contributed by atoms with Crippen molar-refractivity contribution in [3.63, 3.8) is 0 Å². The molecule has 0 aliphatic carbocycles. The Labute approximate surface area is 134 Å². The first-order valence-corrected chi connectivity index (χ1v) is 7.74. The minimum Gasteiger partial charge on any atom is -0.371 e. The highest BCUT2D eigenvalue weighted by molar-refractivity contribution is 6.30. The standard InChI is InChI=1S/C16H18ClN3O2/c1-11-9-15(19-22-11)18-16(21)12-5-7-20(8-6-12)14-4-2-3-13(17)10-14/h2-4,9-10,12H,5-8H2,1H3,(H,18,19,21). The number of nitrogens with zero attached hydrogens (tertiary/aromatic N) is 2. The number of rotatable bonds is 3. The van der Waals surface area contributed by atoms with Crippen LogP contribution >= 0.6 is 11.6 Å². The zero-order valence-corrected chi connectivity index (χ0v) is 13.1. The van der Waals surface area contributed by atoms with Gasteiger partial charge in [-0.05, 0) is 38.0 Å². The molecule has 1 amide bonds. The lowest BCUT2D eigenvalue weighted by molar-refractivity contribution is -0.120. The number of piperidine rings is 1. The number of nitrogens with one attached hydrogen (secondary N) is 1. The minimum atomic E-state index is 0.00689. The molecule has 1 aliphatic heterocycles. The second kappa shape index (κ2) is 6.40. The van der Waals surface area contributed by atoms with Gasteiger partial charge in [-0.25, -0.2) is 0 Å². The van der Waals surface area contributed by atoms with Crippen molar-refractivity contribution in [2.24, 2.45) is 5.92 Å². The average Bonchev–Trinajstić information content (AvgIpc) is 2.92. The third-order valence-electron chi connectivity index (χ3n) is 3.92. The molecule has 1 N–H and O–H groups in total. The molecule has 0 radical (unpaired) electrons. The predicted molar refractivity (Wildman–Crippen MR) is 86.3 cm³/mol. The van der Waals surface area contributed by atoms with E-state index in [0.29, 0.717) is 11.6 Å². The van der Waals surface area contributed by atoms with Gasteiger partial charge < -0.3 is 14.7 Å². The smallest absolute Gasteiger partial charge is 0.228 e. The van der Waals surface area contributed by atoms with Crippen molar-refractivity contribution in [3.05, 3.63) is 41.1 Å². The Hall–Kier alpha value is -2.01. The Morgan fingerprint density at radius 2 is 2.14 bits per heavy atom. The van der Waals surface area contributed by atoms with Gasteiger partial charge in [0.2, 0.25) is 5.91 Å². The van der Waals surface area contributed by atoms with Crippen molar-refractivity contribution in [2.75, 3.05) is 23.3 Å². The van der Waals surface area contributed by atoms with Gasteiger partial charge in [0.15, 0.2) is 5.82 Å². The number of carbonyl (C=O) groups is 1. The van der Waals surface area contributed by atoms with E-state index in [2.05, 4.69) is 15.4 Å². The van der Waals surface area contributed by atoms with Crippen LogP contribution in [-0.2, 0) is 4.79 Å². The summed E-state index contributed by atoms with van der Waals surface area (Å²) < 4.78 is 4.95. The molecule has 3 rings (SSSR count). The highest BCUT2D eigenvalue weighted by Crippen LogP contribution is 2.26. The third kappa shape index (κ3) is 3.42. The summed E-state index contributed by atoms with van der Waals surface area (Å²) in [7, 11) is 0. The van der Waals surface area contributed by atoms with Gasteiger partial charge in [-0.15, -0.1) is 0 Å². The molecular weight excluding hydrogens is 302 g/mol. The van der Waals surface area contributed by atoms with Gasteiger partial charge >= 0.3 is 0 Å². The van der Waals surface area contributed by atoms with Crippen molar-refractivity contribution < 1.29 is 9.32 Å². The lowest BCUT2D eigenvalue weighted by Crippen LogP contribution is -2.38. The van der Waals surface area contributed by atoms with E-state index in [-0.39, 0.29) is 11.8 Å². The molecule has 0 saturated carbocycles. The Balaban J connectivity index is 1.56. The summed E-state index contributed by atoms with van der Waals surface area (Å²) in [4.78, 5) is 14.5. The molecule has 2 heterocycles. The second-order valence-corrected chi connectivity index (χ2v) is 5.99. The Kier molecular flexibility index (Phi) is 4.34. The number of hydrogen-bond acceptors (Lipinski definition) is 4. The molecule has 1 saturated heterocycles. The largest absolute Gasteiger partial charge is 0.371 e. The van der Waals surface area contributed by atoms with E-state index >= 15 is 0 Å². The van der Waals surface area contributed by atoms with Crippen LogP contribution in [0.25, 0.3) is 0 Å². The van der Waals surface area contributed by atoms with E-state index < -0.39 is 0 Å². The van der Waals surface area contributed by atoms with Gasteiger partial charge in [0.25, 0.3) is 0 Å². The SMILES string of the molecule is Cc1cc(NC(=O)C2CCN(c3cccc(Cl)c3)CC2)no1. The summed E-state index contributed by atoms with van der Waals surface area (Å²) in [5.74, 6) is 1.19. The van der Waals surface area contributed by atoms with E-state index in [0.717, 1.165) is 36.6 Å². The maximum atomic E-state index is 12.2. The number of anilines is 2. The van der Waals surface area contributed by atoms with Crippen LogP contribution in [0.5, 0.6) is 0 Å². The van der Waals surface area contributed by atoms with Crippen molar-refractivity contribution in [3.8, 4) is 0 Å². The first kappa shape index (κ1) is 14.9. The lowest BCUT2D eigenvalue weighted by atomic mass is 9.95. The van der Waals surface area contributed by atoms with Gasteiger partial charge in [0, 0.05) is 35.8 Å². The number of aromatic nitrogens is 1. The second-order valence-electron chi connectivity index (χ2n) is 5.55. The number of carbonyl (C=O) groups excluding carboxylic acids is 1. The molecule has 2 aromatic rings. The van der Waals surface area contributed by atoms with Crippen molar-refractivity contribution in [1.29, 1.82) is 0 Å². The topological polar surface area (TPSA) is 58.4 Å². The van der Waals surface area contributed by atoms with Crippen LogP contribution in [0.15, 0.2) is 34.9 Å². The maximum Gasteiger partial charge on any atom is 0.228 e. The molecule has 1 aliphatic rings. The molecule has 1 aromatic heterocycles. The summed E-state index contributed by atoms with van der Waals surface area (Å²) in [6.07, 6.45) is 1.63. The first-order valence-electron chi connectivity index (χ1n) is 7.36. The van der Waals surface area contributed by atoms with Gasteiger partial charge in [0.05, 0.1) is 0 Å². The van der Waals surface area contributed by atoms with E-state index in [4.69, 9.17) is 16.1 Å². The normalized spacial score (nSPS) is 15.8.